The number of hydrogen-bond acceptors (Lipinski definition) is 9. The number of nitrogens with zero attached hydrogens (tertiary/aromatic N) is 1. The Morgan fingerprint density at radius 2 is 1.42 bits per heavy atom. The molecule has 1 atom stereocenters. The molecule has 3 rings (SSSR count). The van der Waals surface area contributed by atoms with Crippen molar-refractivity contribution in [1.29, 1.82) is 0 Å². The Morgan fingerprint density at radius 1 is 0.903 bits per heavy atom. The van der Waals surface area contributed by atoms with E-state index in [1.807, 2.05) is 4.98 Å². The number of nitro groups is 1. The van der Waals surface area contributed by atoms with E-state index in [-0.39, 0.29) is 62.6 Å². The van der Waals surface area contributed by atoms with Crippen LogP contribution in [0, 0.1) is 10.1 Å². The molecule has 0 aliphatic carbocycles. The summed E-state index contributed by atoms with van der Waals surface area (Å²) in [6.07, 6.45) is 0. The first-order valence-corrected chi connectivity index (χ1v) is 7.97. The van der Waals surface area contributed by atoms with Gasteiger partial charge in [-0.2, -0.15) is 0 Å². The molecule has 0 aliphatic rings. The molecule has 154 valence electrons. The Bertz CT molecular complexity index is 1330. The molecule has 0 bridgehead atoms. The van der Waals surface area contributed by atoms with Gasteiger partial charge < -0.3 is 15.2 Å². The van der Waals surface area contributed by atoms with Gasteiger partial charge in [0.2, 0.25) is 5.88 Å². The summed E-state index contributed by atoms with van der Waals surface area (Å²) in [6, 6.07) is 3.95. The van der Waals surface area contributed by atoms with Crippen molar-refractivity contribution >= 4 is 11.5 Å². The van der Waals surface area contributed by atoms with Gasteiger partial charge in [0.15, 0.2) is 5.78 Å². The number of H-pyrrole nitrogens is 4. The van der Waals surface area contributed by atoms with Crippen molar-refractivity contribution in [2.75, 3.05) is 0 Å². The number of nitro benzene ring substituents is 1. The van der Waals surface area contributed by atoms with Crippen LogP contribution in [0.15, 0.2) is 43.4 Å². The zero-order valence-electron chi connectivity index (χ0n) is 15.5. The maximum Gasteiger partial charge on any atom is 1.00 e. The van der Waals surface area contributed by atoms with E-state index in [2.05, 4.69) is 0 Å². The molecule has 31 heavy (non-hydrogen) atoms. The number of carbonyl (C=O) groups is 1. The van der Waals surface area contributed by atoms with Crippen LogP contribution in [0.4, 0.5) is 5.69 Å². The van der Waals surface area contributed by atoms with Crippen LogP contribution in [0.5, 0.6) is 11.8 Å². The van der Waals surface area contributed by atoms with Crippen molar-refractivity contribution in [3.63, 3.8) is 0 Å². The van der Waals surface area contributed by atoms with Gasteiger partial charge in [0, 0.05) is 23.3 Å². The monoisotopic (exact) mass is 455 g/mol. The predicted octanol–water partition coefficient (Wildman–Crippen LogP) is -4.85. The number of rotatable bonds is 5. The van der Waals surface area contributed by atoms with Gasteiger partial charge in [-0.3, -0.25) is 39.4 Å². The van der Waals surface area contributed by atoms with E-state index < -0.39 is 62.0 Å². The quantitative estimate of drug-likeness (QED) is 0.107. The minimum absolute atomic E-state index is 0. The van der Waals surface area contributed by atoms with Crippen LogP contribution in [0.3, 0.4) is 0 Å². The minimum atomic E-state index is -2.06. The molecule has 2 heterocycles. The molecule has 14 nitrogen and oxygen atoms in total. The zero-order chi connectivity index (χ0) is 22.2. The smallest absolute Gasteiger partial charge is 0.860 e. The van der Waals surface area contributed by atoms with Gasteiger partial charge >= 0.3 is 62.8 Å². The standard InChI is InChI=1S/C16H11N5O9.K/c22-10(5-1-3-6(4-2-5)21(29)30)7(8-11(23)17-15(27)18-12(8)24)9-13(25)19-16(28)20-14(9)26;/h1-4,7H,(H3,17,18,23,24,27)(H3,19,20,25,26,28);/q;+1/p-1. The van der Waals surface area contributed by atoms with E-state index in [9.17, 15) is 44.3 Å². The average Bonchev–Trinajstić information content (AvgIpc) is 2.64. The second-order valence-corrected chi connectivity index (χ2v) is 5.92. The summed E-state index contributed by atoms with van der Waals surface area (Å²) in [5.41, 5.74) is -7.26. The fourth-order valence-corrected chi connectivity index (χ4v) is 2.81. The summed E-state index contributed by atoms with van der Waals surface area (Å²) in [4.78, 5) is 77.4. The third kappa shape index (κ3) is 4.80. The normalized spacial score (nSPS) is 11.4. The van der Waals surface area contributed by atoms with Crippen LogP contribution < -0.4 is 79.0 Å². The Hall–Kier alpha value is -3.11. The molecule has 0 spiro atoms. The molecule has 1 unspecified atom stereocenters. The number of hydrogen-bond donors (Lipinski definition) is 5. The summed E-state index contributed by atoms with van der Waals surface area (Å²) < 4.78 is 0. The van der Waals surface area contributed by atoms with Gasteiger partial charge in [0.1, 0.15) is 0 Å². The van der Waals surface area contributed by atoms with Crippen LogP contribution in [0.1, 0.15) is 27.4 Å². The van der Waals surface area contributed by atoms with Crippen molar-refractivity contribution in [3.8, 4) is 11.8 Å². The fourth-order valence-electron chi connectivity index (χ4n) is 2.81. The van der Waals surface area contributed by atoms with Crippen LogP contribution in [-0.2, 0) is 0 Å². The molecule has 0 saturated heterocycles. The first-order valence-electron chi connectivity index (χ1n) is 7.97. The Kier molecular flexibility index (Phi) is 7.29. The van der Waals surface area contributed by atoms with Gasteiger partial charge in [-0.15, -0.1) is 0 Å². The number of non-ortho nitro benzene ring substituents is 1. The molecule has 0 fully saturated rings. The number of aromatic nitrogens is 4. The van der Waals surface area contributed by atoms with Gasteiger partial charge in [-0.1, -0.05) is 0 Å². The topological polar surface area (TPSA) is 235 Å². The molecule has 0 saturated carbocycles. The second-order valence-electron chi connectivity index (χ2n) is 5.92. The zero-order valence-corrected chi connectivity index (χ0v) is 18.7. The number of Topliss-reactive ketones (excluding diaryl/α,β-unsaturated/α-hetero) is 1. The number of ketones is 1. The van der Waals surface area contributed by atoms with Gasteiger partial charge in [-0.25, -0.2) is 9.59 Å². The molecular weight excluding hydrogens is 445 g/mol. The predicted molar refractivity (Wildman–Crippen MR) is 95.7 cm³/mol. The Morgan fingerprint density at radius 3 is 1.90 bits per heavy atom. The molecule has 0 radical (unpaired) electrons. The Balaban J connectivity index is 0.00000341. The largest absolute Gasteiger partial charge is 1.00 e. The third-order valence-corrected chi connectivity index (χ3v) is 4.10. The molecule has 5 N–H and O–H groups in total. The summed E-state index contributed by atoms with van der Waals surface area (Å²) in [6.45, 7) is 0. The van der Waals surface area contributed by atoms with Crippen molar-refractivity contribution in [2.24, 2.45) is 0 Å². The average molecular weight is 455 g/mol. The van der Waals surface area contributed by atoms with Crippen molar-refractivity contribution in [2.45, 2.75) is 5.92 Å². The van der Waals surface area contributed by atoms with Crippen LogP contribution in [0.2, 0.25) is 0 Å². The fraction of sp³-hybridized carbons (Fsp3) is 0.0625. The van der Waals surface area contributed by atoms with E-state index in [4.69, 9.17) is 0 Å². The van der Waals surface area contributed by atoms with E-state index in [1.165, 1.54) is 0 Å². The number of nitrogens with one attached hydrogen (secondary N) is 4. The molecule has 0 amide bonds. The summed E-state index contributed by atoms with van der Waals surface area (Å²) >= 11 is 0. The van der Waals surface area contributed by atoms with Crippen molar-refractivity contribution in [1.82, 2.24) is 19.9 Å². The van der Waals surface area contributed by atoms with Gasteiger partial charge in [0.25, 0.3) is 16.8 Å². The molecule has 0 aliphatic heterocycles. The van der Waals surface area contributed by atoms with E-state index in [0.29, 0.717) is 0 Å². The van der Waals surface area contributed by atoms with E-state index >= 15 is 0 Å². The van der Waals surface area contributed by atoms with Gasteiger partial charge in [-0.05, 0) is 18.0 Å². The van der Waals surface area contributed by atoms with E-state index in [0.717, 1.165) is 24.3 Å². The molecule has 2 aromatic heterocycles. The van der Waals surface area contributed by atoms with Crippen LogP contribution in [-0.4, -0.2) is 35.7 Å². The maximum atomic E-state index is 13.1. The number of benzene rings is 1. The second kappa shape index (κ2) is 9.35. The first-order chi connectivity index (χ1) is 14.1. The number of carbonyl (C=O) groups excluding carboxylic acids is 1. The summed E-state index contributed by atoms with van der Waals surface area (Å²) in [5, 5.41) is 33.1. The third-order valence-electron chi connectivity index (χ3n) is 4.10. The van der Waals surface area contributed by atoms with Crippen LogP contribution >= 0.6 is 0 Å². The summed E-state index contributed by atoms with van der Waals surface area (Å²) in [7, 11) is 0. The number of aromatic hydroxyl groups is 1. The van der Waals surface area contributed by atoms with E-state index in [1.54, 1.807) is 15.0 Å². The van der Waals surface area contributed by atoms with Crippen molar-refractivity contribution < 1.29 is 71.3 Å². The molecular formula is C16H10KN5O9. The minimum Gasteiger partial charge on any atom is -0.860 e. The SMILES string of the molecule is O=C(c1ccc([N+](=O)[O-])cc1)C(c1c([O-])[nH]c(=O)[nH]c1=O)c1c(O)[nH]c(=O)[nH]c1=O.[K+]. The Labute approximate surface area is 211 Å². The number of aromatic amines is 4. The molecule has 15 heteroatoms. The molecule has 1 aromatic carbocycles. The van der Waals surface area contributed by atoms with Gasteiger partial charge in [0.05, 0.1) is 16.4 Å². The maximum absolute atomic E-state index is 13.1. The summed E-state index contributed by atoms with van der Waals surface area (Å²) in [5.74, 6) is -5.55. The first kappa shape index (κ1) is 24.2. The van der Waals surface area contributed by atoms with Crippen LogP contribution in [0.25, 0.3) is 0 Å². The molecule has 3 aromatic rings. The van der Waals surface area contributed by atoms with Crippen molar-refractivity contribution in [3.05, 3.63) is 92.7 Å².